The van der Waals surface area contributed by atoms with Crippen LogP contribution in [-0.4, -0.2) is 71.3 Å². The van der Waals surface area contributed by atoms with Crippen molar-refractivity contribution in [2.24, 2.45) is 11.5 Å². The van der Waals surface area contributed by atoms with Crippen molar-refractivity contribution >= 4 is 29.6 Å². The molecule has 0 aliphatic carbocycles. The maximum absolute atomic E-state index is 12.3. The van der Waals surface area contributed by atoms with Gasteiger partial charge in [0.15, 0.2) is 0 Å². The summed E-state index contributed by atoms with van der Waals surface area (Å²) < 4.78 is 0. The maximum atomic E-state index is 12.3. The molecule has 0 aromatic heterocycles. The molecule has 1 aliphatic heterocycles. The molecule has 0 saturated carbocycles. The quantitative estimate of drug-likeness (QED) is 0.302. The lowest BCUT2D eigenvalue weighted by molar-refractivity contribution is -0.140. The van der Waals surface area contributed by atoms with E-state index in [1.807, 2.05) is 0 Å². The summed E-state index contributed by atoms with van der Waals surface area (Å²) in [7, 11) is 0. The summed E-state index contributed by atoms with van der Waals surface area (Å²) in [6, 6.07) is -2.10. The molecule has 1 aliphatic rings. The first-order valence-electron chi connectivity index (χ1n) is 7.34. The zero-order chi connectivity index (χ0) is 18.3. The van der Waals surface area contributed by atoms with Crippen LogP contribution in [0.25, 0.3) is 0 Å². The monoisotopic (exact) mass is 343 g/mol. The fourth-order valence-electron chi connectivity index (χ4n) is 2.42. The number of primary amides is 1. The Bertz CT molecular complexity index is 537. The predicted octanol–water partition coefficient (Wildman–Crippen LogP) is -3.50. The van der Waals surface area contributed by atoms with Gasteiger partial charge in [-0.3, -0.25) is 24.0 Å². The number of carboxylic acid groups (broad SMARTS) is 1. The van der Waals surface area contributed by atoms with Gasteiger partial charge in [0, 0.05) is 6.54 Å². The molecule has 0 unspecified atom stereocenters. The van der Waals surface area contributed by atoms with Crippen LogP contribution in [0.3, 0.4) is 0 Å². The van der Waals surface area contributed by atoms with Crippen LogP contribution < -0.4 is 22.1 Å². The smallest absolute Gasteiger partial charge is 0.322 e. The molecule has 1 rings (SSSR count). The normalized spacial score (nSPS) is 17.9. The molecule has 0 bridgehead atoms. The Morgan fingerprint density at radius 3 is 2.46 bits per heavy atom. The molecule has 0 spiro atoms. The van der Waals surface area contributed by atoms with Crippen LogP contribution in [0.2, 0.25) is 0 Å². The average Bonchev–Trinajstić information content (AvgIpc) is 3.00. The number of carboxylic acids is 1. The number of nitrogens with one attached hydrogen (secondary N) is 2. The van der Waals surface area contributed by atoms with E-state index in [1.54, 1.807) is 0 Å². The first-order chi connectivity index (χ1) is 11.3. The number of rotatable bonds is 8. The van der Waals surface area contributed by atoms with Gasteiger partial charge < -0.3 is 32.1 Å². The summed E-state index contributed by atoms with van der Waals surface area (Å²) in [5, 5.41) is 13.0. The number of carbonyl (C=O) groups is 5. The lowest BCUT2D eigenvalue weighted by atomic mass is 10.1. The Morgan fingerprint density at radius 2 is 1.92 bits per heavy atom. The summed E-state index contributed by atoms with van der Waals surface area (Å²) >= 11 is 0. The lowest BCUT2D eigenvalue weighted by Crippen LogP contribution is -2.55. The second-order valence-electron chi connectivity index (χ2n) is 5.29. The minimum atomic E-state index is -1.32. The van der Waals surface area contributed by atoms with Crippen molar-refractivity contribution in [2.45, 2.75) is 31.3 Å². The van der Waals surface area contributed by atoms with Crippen molar-refractivity contribution in [3.8, 4) is 0 Å². The average molecular weight is 343 g/mol. The van der Waals surface area contributed by atoms with Crippen molar-refractivity contribution in [3.05, 3.63) is 0 Å². The summed E-state index contributed by atoms with van der Waals surface area (Å²) in [5.41, 5.74) is 10.3. The third-order valence-electron chi connectivity index (χ3n) is 3.50. The fourth-order valence-corrected chi connectivity index (χ4v) is 2.42. The first kappa shape index (κ1) is 19.4. The van der Waals surface area contributed by atoms with E-state index in [4.69, 9.17) is 16.6 Å². The SMILES string of the molecule is NCC(=O)N1CCC[C@H]1C(=O)N[C@@H](CC(N)=O)C(=O)NCC(=O)O. The van der Waals surface area contributed by atoms with E-state index in [0.29, 0.717) is 19.4 Å². The predicted molar refractivity (Wildman–Crippen MR) is 80.2 cm³/mol. The third kappa shape index (κ3) is 5.50. The highest BCUT2D eigenvalue weighted by atomic mass is 16.4. The summed E-state index contributed by atoms with van der Waals surface area (Å²) in [5.74, 6) is -3.98. The van der Waals surface area contributed by atoms with Crippen LogP contribution in [0, 0.1) is 0 Å². The van der Waals surface area contributed by atoms with Crippen LogP contribution in [0.5, 0.6) is 0 Å². The van der Waals surface area contributed by atoms with Gasteiger partial charge in [-0.15, -0.1) is 0 Å². The molecular weight excluding hydrogens is 322 g/mol. The van der Waals surface area contributed by atoms with Crippen LogP contribution in [-0.2, 0) is 24.0 Å². The standard InChI is InChI=1S/C13H21N5O6/c14-5-10(20)18-3-1-2-8(18)13(24)17-7(4-9(15)19)12(23)16-6-11(21)22/h7-8H,1-6,14H2,(H2,15,19)(H,16,23)(H,17,24)(H,21,22)/t7-,8-/m0/s1. The van der Waals surface area contributed by atoms with Gasteiger partial charge >= 0.3 is 5.97 Å². The summed E-state index contributed by atoms with van der Waals surface area (Å²) in [6.45, 7) is -0.529. The van der Waals surface area contributed by atoms with Gasteiger partial charge in [0.05, 0.1) is 13.0 Å². The van der Waals surface area contributed by atoms with Gasteiger partial charge in [0.25, 0.3) is 0 Å². The van der Waals surface area contributed by atoms with E-state index in [0.717, 1.165) is 0 Å². The van der Waals surface area contributed by atoms with Crippen molar-refractivity contribution in [1.82, 2.24) is 15.5 Å². The minimum absolute atomic E-state index is 0.242. The minimum Gasteiger partial charge on any atom is -0.480 e. The summed E-state index contributed by atoms with van der Waals surface area (Å²) in [4.78, 5) is 58.8. The molecule has 134 valence electrons. The molecule has 0 aromatic carbocycles. The number of nitrogens with two attached hydrogens (primary N) is 2. The molecule has 1 fully saturated rings. The number of hydrogen-bond acceptors (Lipinski definition) is 6. The maximum Gasteiger partial charge on any atom is 0.322 e. The molecule has 24 heavy (non-hydrogen) atoms. The zero-order valence-electron chi connectivity index (χ0n) is 13.0. The molecule has 1 heterocycles. The number of carbonyl (C=O) groups excluding carboxylic acids is 4. The lowest BCUT2D eigenvalue weighted by Gasteiger charge is -2.25. The topological polar surface area (TPSA) is 185 Å². The molecule has 0 radical (unpaired) electrons. The highest BCUT2D eigenvalue weighted by molar-refractivity contribution is 5.95. The molecule has 0 aromatic rings. The van der Waals surface area contributed by atoms with Gasteiger partial charge in [-0.2, -0.15) is 0 Å². The van der Waals surface area contributed by atoms with Gasteiger partial charge in [-0.1, -0.05) is 0 Å². The Balaban J connectivity index is 2.75. The van der Waals surface area contributed by atoms with Crippen molar-refractivity contribution in [3.63, 3.8) is 0 Å². The van der Waals surface area contributed by atoms with Crippen molar-refractivity contribution < 1.29 is 29.1 Å². The highest BCUT2D eigenvalue weighted by Gasteiger charge is 2.35. The molecule has 1 saturated heterocycles. The Labute approximate surface area is 137 Å². The fraction of sp³-hybridized carbons (Fsp3) is 0.615. The van der Waals surface area contributed by atoms with Crippen molar-refractivity contribution in [1.29, 1.82) is 0 Å². The summed E-state index contributed by atoms with van der Waals surface area (Å²) in [6.07, 6.45) is 0.516. The van der Waals surface area contributed by atoms with Crippen LogP contribution in [0.4, 0.5) is 0 Å². The van der Waals surface area contributed by atoms with Gasteiger partial charge in [-0.05, 0) is 12.8 Å². The van der Waals surface area contributed by atoms with Crippen LogP contribution in [0.1, 0.15) is 19.3 Å². The number of hydrogen-bond donors (Lipinski definition) is 5. The first-order valence-corrected chi connectivity index (χ1v) is 7.34. The largest absolute Gasteiger partial charge is 0.480 e. The molecule has 11 nitrogen and oxygen atoms in total. The van der Waals surface area contributed by atoms with Crippen LogP contribution >= 0.6 is 0 Å². The van der Waals surface area contributed by atoms with Gasteiger partial charge in [0.1, 0.15) is 18.6 Å². The second-order valence-corrected chi connectivity index (χ2v) is 5.29. The number of aliphatic carboxylic acids is 1. The molecule has 4 amide bonds. The van der Waals surface area contributed by atoms with E-state index in [2.05, 4.69) is 10.6 Å². The molecule has 11 heteroatoms. The Morgan fingerprint density at radius 1 is 1.25 bits per heavy atom. The van der Waals surface area contributed by atoms with E-state index < -0.39 is 54.6 Å². The highest BCUT2D eigenvalue weighted by Crippen LogP contribution is 2.17. The molecule has 7 N–H and O–H groups in total. The number of likely N-dealkylation sites (tertiary alicyclic amines) is 1. The van der Waals surface area contributed by atoms with E-state index in [-0.39, 0.29) is 6.54 Å². The molecule has 2 atom stereocenters. The van der Waals surface area contributed by atoms with E-state index >= 15 is 0 Å². The van der Waals surface area contributed by atoms with E-state index in [1.165, 1.54) is 4.90 Å². The van der Waals surface area contributed by atoms with E-state index in [9.17, 15) is 24.0 Å². The van der Waals surface area contributed by atoms with Crippen LogP contribution in [0.15, 0.2) is 0 Å². The molecular formula is C13H21N5O6. The zero-order valence-corrected chi connectivity index (χ0v) is 13.0. The number of amides is 4. The number of nitrogens with zero attached hydrogens (tertiary/aromatic N) is 1. The Kier molecular flexibility index (Phi) is 7.11. The van der Waals surface area contributed by atoms with Gasteiger partial charge in [0.2, 0.25) is 23.6 Å². The second kappa shape index (κ2) is 8.82. The van der Waals surface area contributed by atoms with Gasteiger partial charge in [-0.25, -0.2) is 0 Å². The van der Waals surface area contributed by atoms with Crippen molar-refractivity contribution in [2.75, 3.05) is 19.6 Å². The third-order valence-corrected chi connectivity index (χ3v) is 3.50. The Hall–Kier alpha value is -2.69.